The topological polar surface area (TPSA) is 33.7 Å². The van der Waals surface area contributed by atoms with Gasteiger partial charge in [-0.25, -0.2) is 0 Å². The molecule has 0 aliphatic heterocycles. The Hall–Kier alpha value is -0.810. The van der Waals surface area contributed by atoms with Gasteiger partial charge in [-0.1, -0.05) is 11.6 Å². The van der Waals surface area contributed by atoms with Crippen molar-refractivity contribution in [2.24, 2.45) is 0 Å². The van der Waals surface area contributed by atoms with Gasteiger partial charge in [-0.3, -0.25) is 0 Å². The minimum atomic E-state index is 0.555. The van der Waals surface area contributed by atoms with Gasteiger partial charge in [-0.05, 0) is 51.2 Å². The van der Waals surface area contributed by atoms with Crippen molar-refractivity contribution < 1.29 is 9.47 Å². The van der Waals surface area contributed by atoms with Gasteiger partial charge in [0.1, 0.15) is 12.4 Å². The third kappa shape index (κ3) is 7.14. The number of hydrogen-bond donors (Lipinski definition) is 1. The monoisotopic (exact) mass is 314 g/mol. The fourth-order valence-electron chi connectivity index (χ4n) is 1.80. The van der Waals surface area contributed by atoms with E-state index >= 15 is 0 Å². The first-order valence-electron chi connectivity index (χ1n) is 7.34. The van der Waals surface area contributed by atoms with Crippen LogP contribution in [0, 0.1) is 13.8 Å². The smallest absolute Gasteiger partial charge is 0.122 e. The van der Waals surface area contributed by atoms with Gasteiger partial charge in [0, 0.05) is 24.7 Å². The third-order valence-electron chi connectivity index (χ3n) is 3.32. The van der Waals surface area contributed by atoms with Crippen LogP contribution in [0.1, 0.15) is 11.1 Å². The van der Waals surface area contributed by atoms with Crippen LogP contribution in [-0.4, -0.2) is 58.5 Å². The lowest BCUT2D eigenvalue weighted by molar-refractivity contribution is 0.101. The second-order valence-corrected chi connectivity index (χ2v) is 5.72. The molecular weight excluding hydrogens is 288 g/mol. The van der Waals surface area contributed by atoms with E-state index in [9.17, 15) is 0 Å². The van der Waals surface area contributed by atoms with Gasteiger partial charge >= 0.3 is 0 Å². The summed E-state index contributed by atoms with van der Waals surface area (Å²) >= 11 is 6.06. The van der Waals surface area contributed by atoms with Crippen LogP contribution in [0.4, 0.5) is 0 Å². The highest BCUT2D eigenvalue weighted by molar-refractivity contribution is 6.31. The van der Waals surface area contributed by atoms with Crippen molar-refractivity contribution in [2.75, 3.05) is 53.6 Å². The molecule has 1 aromatic carbocycles. The molecule has 0 saturated heterocycles. The summed E-state index contributed by atoms with van der Waals surface area (Å²) in [7, 11) is 4.13. The highest BCUT2D eigenvalue weighted by Gasteiger charge is 2.05. The lowest BCUT2D eigenvalue weighted by atomic mass is 10.1. The van der Waals surface area contributed by atoms with E-state index in [1.807, 2.05) is 26.0 Å². The summed E-state index contributed by atoms with van der Waals surface area (Å²) < 4.78 is 11.3. The van der Waals surface area contributed by atoms with Crippen LogP contribution in [-0.2, 0) is 4.74 Å². The van der Waals surface area contributed by atoms with E-state index in [4.69, 9.17) is 21.1 Å². The van der Waals surface area contributed by atoms with Gasteiger partial charge in [-0.2, -0.15) is 0 Å². The SMILES string of the molecule is Cc1c(Cl)ccc(OCCOCCNCCN(C)C)c1C. The maximum Gasteiger partial charge on any atom is 0.122 e. The van der Waals surface area contributed by atoms with Crippen LogP contribution < -0.4 is 10.1 Å². The molecule has 21 heavy (non-hydrogen) atoms. The Morgan fingerprint density at radius 1 is 1.05 bits per heavy atom. The second-order valence-electron chi connectivity index (χ2n) is 5.31. The first kappa shape index (κ1) is 18.2. The van der Waals surface area contributed by atoms with Crippen LogP contribution in [0.5, 0.6) is 5.75 Å². The quantitative estimate of drug-likeness (QED) is 0.673. The predicted molar refractivity (Wildman–Crippen MR) is 88.7 cm³/mol. The van der Waals surface area contributed by atoms with Crippen LogP contribution in [0.2, 0.25) is 5.02 Å². The van der Waals surface area contributed by atoms with Gasteiger partial charge in [0.25, 0.3) is 0 Å². The van der Waals surface area contributed by atoms with Gasteiger partial charge in [0.2, 0.25) is 0 Å². The van der Waals surface area contributed by atoms with Gasteiger partial charge in [-0.15, -0.1) is 0 Å². The fourth-order valence-corrected chi connectivity index (χ4v) is 2.01. The molecule has 5 heteroatoms. The first-order chi connectivity index (χ1) is 10.0. The molecule has 0 atom stereocenters. The maximum atomic E-state index is 6.06. The summed E-state index contributed by atoms with van der Waals surface area (Å²) in [5, 5.41) is 4.10. The number of likely N-dealkylation sites (N-methyl/N-ethyl adjacent to an activating group) is 1. The Bertz CT molecular complexity index is 425. The van der Waals surface area contributed by atoms with Crippen LogP contribution >= 0.6 is 11.6 Å². The molecule has 0 aromatic heterocycles. The first-order valence-corrected chi connectivity index (χ1v) is 7.72. The van der Waals surface area contributed by atoms with Gasteiger partial charge in [0.05, 0.1) is 13.2 Å². The number of halogens is 1. The Labute approximate surface area is 133 Å². The van der Waals surface area contributed by atoms with Crippen molar-refractivity contribution >= 4 is 11.6 Å². The maximum absolute atomic E-state index is 6.06. The molecule has 0 spiro atoms. The molecule has 1 rings (SSSR count). The Kier molecular flexibility index (Phi) is 8.69. The van der Waals surface area contributed by atoms with E-state index in [2.05, 4.69) is 24.3 Å². The molecule has 0 amide bonds. The number of ether oxygens (including phenoxy) is 2. The third-order valence-corrected chi connectivity index (χ3v) is 3.73. The summed E-state index contributed by atoms with van der Waals surface area (Å²) in [4.78, 5) is 2.15. The molecule has 0 unspecified atom stereocenters. The van der Waals surface area contributed by atoms with Crippen molar-refractivity contribution in [3.05, 3.63) is 28.3 Å². The fraction of sp³-hybridized carbons (Fsp3) is 0.625. The standard InChI is InChI=1S/C16H27ClN2O2/c1-13-14(2)16(6-5-15(13)17)21-12-11-20-10-8-18-7-9-19(3)4/h5-6,18H,7-12H2,1-4H3. The summed E-state index contributed by atoms with van der Waals surface area (Å²) in [6.07, 6.45) is 0. The zero-order valence-electron chi connectivity index (χ0n) is 13.5. The van der Waals surface area contributed by atoms with E-state index in [1.165, 1.54) is 0 Å². The molecular formula is C16H27ClN2O2. The van der Waals surface area contributed by atoms with E-state index in [1.54, 1.807) is 0 Å². The lowest BCUT2D eigenvalue weighted by Gasteiger charge is -2.13. The molecule has 120 valence electrons. The van der Waals surface area contributed by atoms with Crippen LogP contribution in [0.3, 0.4) is 0 Å². The van der Waals surface area contributed by atoms with Gasteiger partial charge in [0.15, 0.2) is 0 Å². The number of hydrogen-bond acceptors (Lipinski definition) is 4. The van der Waals surface area contributed by atoms with Gasteiger partial charge < -0.3 is 19.7 Å². The van der Waals surface area contributed by atoms with Crippen molar-refractivity contribution in [3.8, 4) is 5.75 Å². The van der Waals surface area contributed by atoms with Crippen molar-refractivity contribution in [1.29, 1.82) is 0 Å². The highest BCUT2D eigenvalue weighted by Crippen LogP contribution is 2.26. The molecule has 0 bridgehead atoms. The van der Waals surface area contributed by atoms with E-state index in [0.717, 1.165) is 41.5 Å². The van der Waals surface area contributed by atoms with Crippen molar-refractivity contribution in [3.63, 3.8) is 0 Å². The summed E-state index contributed by atoms with van der Waals surface area (Å²) in [6.45, 7) is 8.76. The summed E-state index contributed by atoms with van der Waals surface area (Å²) in [5.41, 5.74) is 2.16. The van der Waals surface area contributed by atoms with Crippen molar-refractivity contribution in [2.45, 2.75) is 13.8 Å². The number of nitrogens with zero attached hydrogens (tertiary/aromatic N) is 1. The number of benzene rings is 1. The zero-order chi connectivity index (χ0) is 15.7. The molecule has 0 heterocycles. The van der Waals surface area contributed by atoms with E-state index in [0.29, 0.717) is 19.8 Å². The minimum absolute atomic E-state index is 0.555. The van der Waals surface area contributed by atoms with Crippen LogP contribution in [0.25, 0.3) is 0 Å². The summed E-state index contributed by atoms with van der Waals surface area (Å²) in [5.74, 6) is 0.879. The number of rotatable bonds is 10. The lowest BCUT2D eigenvalue weighted by Crippen LogP contribution is -2.29. The molecule has 0 aliphatic rings. The zero-order valence-corrected chi connectivity index (χ0v) is 14.3. The molecule has 4 nitrogen and oxygen atoms in total. The molecule has 1 N–H and O–H groups in total. The molecule has 0 aliphatic carbocycles. The van der Waals surface area contributed by atoms with Crippen molar-refractivity contribution in [1.82, 2.24) is 10.2 Å². The normalized spacial score (nSPS) is 11.1. The molecule has 0 fully saturated rings. The Morgan fingerprint density at radius 3 is 2.52 bits per heavy atom. The summed E-state index contributed by atoms with van der Waals surface area (Å²) in [6, 6.07) is 3.78. The molecule has 0 saturated carbocycles. The molecule has 0 radical (unpaired) electrons. The highest BCUT2D eigenvalue weighted by atomic mass is 35.5. The van der Waals surface area contributed by atoms with E-state index < -0.39 is 0 Å². The molecule has 1 aromatic rings. The Morgan fingerprint density at radius 2 is 1.81 bits per heavy atom. The average Bonchev–Trinajstić information content (AvgIpc) is 2.45. The number of nitrogens with one attached hydrogen (secondary N) is 1. The minimum Gasteiger partial charge on any atom is -0.491 e. The second kappa shape index (κ2) is 10.0. The predicted octanol–water partition coefficient (Wildman–Crippen LogP) is 2.50. The average molecular weight is 315 g/mol. The van der Waals surface area contributed by atoms with Crippen LogP contribution in [0.15, 0.2) is 12.1 Å². The Balaban J connectivity index is 2.08. The largest absolute Gasteiger partial charge is 0.491 e. The van der Waals surface area contributed by atoms with E-state index in [-0.39, 0.29) is 0 Å².